The summed E-state index contributed by atoms with van der Waals surface area (Å²) in [7, 11) is 0. The van der Waals surface area contributed by atoms with E-state index >= 15 is 0 Å². The SMILES string of the molecule is NCCCC[C@H](NCC(CCc1ccccc1)Cc1ccccc1)C(=O)NC1CCCCC1C(N)=O. The van der Waals surface area contributed by atoms with Crippen LogP contribution >= 0.6 is 0 Å². The Hall–Kier alpha value is -2.70. The largest absolute Gasteiger partial charge is 0.369 e. The lowest BCUT2D eigenvalue weighted by molar-refractivity contribution is -0.127. The molecule has 36 heavy (non-hydrogen) atoms. The average molecular weight is 493 g/mol. The first-order valence-electron chi connectivity index (χ1n) is 13.7. The fourth-order valence-corrected chi connectivity index (χ4v) is 5.29. The van der Waals surface area contributed by atoms with E-state index in [1.807, 2.05) is 12.1 Å². The molecule has 3 rings (SSSR count). The molecule has 1 saturated carbocycles. The summed E-state index contributed by atoms with van der Waals surface area (Å²) >= 11 is 0. The number of carbonyl (C=O) groups is 2. The highest BCUT2D eigenvalue weighted by atomic mass is 16.2. The molecule has 4 atom stereocenters. The Balaban J connectivity index is 1.64. The van der Waals surface area contributed by atoms with E-state index in [0.29, 0.717) is 12.5 Å². The fourth-order valence-electron chi connectivity index (χ4n) is 5.29. The predicted octanol–water partition coefficient (Wildman–Crippen LogP) is 3.73. The molecular weight excluding hydrogens is 448 g/mol. The molecule has 0 aliphatic heterocycles. The molecule has 0 radical (unpaired) electrons. The van der Waals surface area contributed by atoms with Gasteiger partial charge >= 0.3 is 0 Å². The Bertz CT molecular complexity index is 906. The van der Waals surface area contributed by atoms with E-state index in [9.17, 15) is 9.59 Å². The van der Waals surface area contributed by atoms with Gasteiger partial charge in [0.1, 0.15) is 0 Å². The highest BCUT2D eigenvalue weighted by molar-refractivity contribution is 5.83. The molecule has 6 nitrogen and oxygen atoms in total. The monoisotopic (exact) mass is 492 g/mol. The molecule has 0 saturated heterocycles. The third-order valence-electron chi connectivity index (χ3n) is 7.43. The van der Waals surface area contributed by atoms with Gasteiger partial charge in [-0.2, -0.15) is 0 Å². The van der Waals surface area contributed by atoms with Crippen LogP contribution in [-0.2, 0) is 22.4 Å². The Kier molecular flexibility index (Phi) is 11.9. The number of rotatable bonds is 15. The van der Waals surface area contributed by atoms with Crippen LogP contribution in [0.3, 0.4) is 0 Å². The molecular formula is C30H44N4O2. The summed E-state index contributed by atoms with van der Waals surface area (Å²) in [6.45, 7) is 1.38. The van der Waals surface area contributed by atoms with Crippen molar-refractivity contribution in [2.45, 2.75) is 76.3 Å². The number of amides is 2. The number of nitrogens with two attached hydrogens (primary N) is 2. The molecule has 0 heterocycles. The number of unbranched alkanes of at least 4 members (excludes halogenated alkanes) is 1. The number of aryl methyl sites for hydroxylation is 1. The summed E-state index contributed by atoms with van der Waals surface area (Å²) in [5, 5.41) is 6.77. The Morgan fingerprint density at radius 2 is 1.56 bits per heavy atom. The van der Waals surface area contributed by atoms with Crippen LogP contribution in [0.15, 0.2) is 60.7 Å². The minimum Gasteiger partial charge on any atom is -0.369 e. The summed E-state index contributed by atoms with van der Waals surface area (Å²) in [4.78, 5) is 25.3. The van der Waals surface area contributed by atoms with E-state index in [2.05, 4.69) is 59.2 Å². The van der Waals surface area contributed by atoms with Gasteiger partial charge in [0.2, 0.25) is 11.8 Å². The number of nitrogens with one attached hydrogen (secondary N) is 2. The highest BCUT2D eigenvalue weighted by Crippen LogP contribution is 2.24. The van der Waals surface area contributed by atoms with E-state index in [4.69, 9.17) is 11.5 Å². The van der Waals surface area contributed by atoms with Gasteiger partial charge < -0.3 is 22.1 Å². The zero-order valence-electron chi connectivity index (χ0n) is 21.5. The minimum absolute atomic E-state index is 0.0216. The number of carbonyl (C=O) groups excluding carboxylic acids is 2. The minimum atomic E-state index is -0.309. The summed E-state index contributed by atoms with van der Waals surface area (Å²) in [6.07, 6.45) is 9.07. The van der Waals surface area contributed by atoms with E-state index < -0.39 is 0 Å². The lowest BCUT2D eigenvalue weighted by Gasteiger charge is -2.32. The number of benzene rings is 2. The molecule has 1 aliphatic carbocycles. The molecule has 3 unspecified atom stereocenters. The van der Waals surface area contributed by atoms with E-state index in [0.717, 1.165) is 70.8 Å². The summed E-state index contributed by atoms with van der Waals surface area (Å²) in [5.74, 6) is -0.210. The first-order chi connectivity index (χ1) is 17.6. The predicted molar refractivity (Wildman–Crippen MR) is 146 cm³/mol. The number of hydrogen-bond donors (Lipinski definition) is 4. The van der Waals surface area contributed by atoms with Crippen LogP contribution in [0.1, 0.15) is 62.5 Å². The molecule has 0 spiro atoms. The van der Waals surface area contributed by atoms with Crippen LogP contribution in [0.2, 0.25) is 0 Å². The molecule has 196 valence electrons. The second-order valence-electron chi connectivity index (χ2n) is 10.2. The van der Waals surface area contributed by atoms with Crippen molar-refractivity contribution in [1.82, 2.24) is 10.6 Å². The van der Waals surface area contributed by atoms with E-state index in [1.165, 1.54) is 11.1 Å². The van der Waals surface area contributed by atoms with E-state index in [1.54, 1.807) is 0 Å². The third-order valence-corrected chi connectivity index (χ3v) is 7.43. The number of hydrogen-bond acceptors (Lipinski definition) is 4. The normalized spacial score (nSPS) is 19.4. The van der Waals surface area contributed by atoms with Gasteiger partial charge in [-0.05, 0) is 75.1 Å². The topological polar surface area (TPSA) is 110 Å². The van der Waals surface area contributed by atoms with Crippen LogP contribution in [-0.4, -0.2) is 37.0 Å². The molecule has 6 heteroatoms. The summed E-state index contributed by atoms with van der Waals surface area (Å²) in [5.41, 5.74) is 14.0. The van der Waals surface area contributed by atoms with Gasteiger partial charge in [-0.15, -0.1) is 0 Å². The van der Waals surface area contributed by atoms with Crippen molar-refractivity contribution in [3.63, 3.8) is 0 Å². The van der Waals surface area contributed by atoms with Crippen LogP contribution in [0.4, 0.5) is 0 Å². The van der Waals surface area contributed by atoms with E-state index in [-0.39, 0.29) is 29.8 Å². The molecule has 1 aliphatic rings. The summed E-state index contributed by atoms with van der Waals surface area (Å²) < 4.78 is 0. The van der Waals surface area contributed by atoms with Crippen molar-refractivity contribution in [3.05, 3.63) is 71.8 Å². The van der Waals surface area contributed by atoms with Gasteiger partial charge in [-0.1, -0.05) is 79.9 Å². The van der Waals surface area contributed by atoms with Crippen LogP contribution in [0.5, 0.6) is 0 Å². The van der Waals surface area contributed by atoms with Crippen molar-refractivity contribution < 1.29 is 9.59 Å². The van der Waals surface area contributed by atoms with Gasteiger partial charge in [-0.3, -0.25) is 9.59 Å². The van der Waals surface area contributed by atoms with Crippen LogP contribution in [0.25, 0.3) is 0 Å². The van der Waals surface area contributed by atoms with Gasteiger partial charge in [0, 0.05) is 6.04 Å². The van der Waals surface area contributed by atoms with Crippen molar-refractivity contribution >= 4 is 11.8 Å². The second-order valence-corrected chi connectivity index (χ2v) is 10.2. The van der Waals surface area contributed by atoms with Crippen LogP contribution in [0, 0.1) is 11.8 Å². The van der Waals surface area contributed by atoms with Crippen molar-refractivity contribution in [1.29, 1.82) is 0 Å². The molecule has 0 bridgehead atoms. The van der Waals surface area contributed by atoms with Gasteiger partial charge in [-0.25, -0.2) is 0 Å². The second kappa shape index (κ2) is 15.4. The molecule has 0 aromatic heterocycles. The Labute approximate surface area is 216 Å². The molecule has 6 N–H and O–H groups in total. The standard InChI is InChI=1S/C30H44N4O2/c31-20-10-9-17-28(30(36)34-27-16-8-7-15-26(27)29(32)35)33-22-25(21-24-13-5-2-6-14-24)19-18-23-11-3-1-4-12-23/h1-6,11-14,25-28,33H,7-10,15-22,31H2,(H2,32,35)(H,34,36)/t25?,26?,27?,28-/m0/s1. The zero-order valence-corrected chi connectivity index (χ0v) is 21.5. The molecule has 2 amide bonds. The first kappa shape index (κ1) is 27.9. The molecule has 1 fully saturated rings. The third kappa shape index (κ3) is 9.40. The van der Waals surface area contributed by atoms with Gasteiger partial charge in [0.05, 0.1) is 12.0 Å². The zero-order chi connectivity index (χ0) is 25.6. The van der Waals surface area contributed by atoms with Crippen LogP contribution < -0.4 is 22.1 Å². The maximum atomic E-state index is 13.4. The molecule has 2 aromatic rings. The Morgan fingerprint density at radius 3 is 2.22 bits per heavy atom. The Morgan fingerprint density at radius 1 is 0.889 bits per heavy atom. The summed E-state index contributed by atoms with van der Waals surface area (Å²) in [6, 6.07) is 20.7. The van der Waals surface area contributed by atoms with Gasteiger partial charge in [0.15, 0.2) is 0 Å². The number of primary amides is 1. The lowest BCUT2D eigenvalue weighted by Crippen LogP contribution is -2.53. The first-order valence-corrected chi connectivity index (χ1v) is 13.7. The van der Waals surface area contributed by atoms with Crippen molar-refractivity contribution in [2.75, 3.05) is 13.1 Å². The smallest absolute Gasteiger partial charge is 0.237 e. The molecule has 2 aromatic carbocycles. The fraction of sp³-hybridized carbons (Fsp3) is 0.533. The van der Waals surface area contributed by atoms with Crippen molar-refractivity contribution in [3.8, 4) is 0 Å². The highest BCUT2D eigenvalue weighted by Gasteiger charge is 2.32. The quantitative estimate of drug-likeness (QED) is 0.284. The van der Waals surface area contributed by atoms with Crippen molar-refractivity contribution in [2.24, 2.45) is 23.3 Å². The lowest BCUT2D eigenvalue weighted by atomic mass is 9.84. The average Bonchev–Trinajstić information content (AvgIpc) is 2.90. The maximum absolute atomic E-state index is 13.4. The van der Waals surface area contributed by atoms with Gasteiger partial charge in [0.25, 0.3) is 0 Å². The maximum Gasteiger partial charge on any atom is 0.237 e.